The molecule has 3 aliphatic rings. The van der Waals surface area contributed by atoms with Crippen LogP contribution in [0.1, 0.15) is 24.1 Å². The van der Waals surface area contributed by atoms with Gasteiger partial charge in [0.15, 0.2) is 0 Å². The van der Waals surface area contributed by atoms with Gasteiger partial charge >= 0.3 is 0 Å². The lowest BCUT2D eigenvalue weighted by Crippen LogP contribution is -2.47. The number of likely N-dealkylation sites (N-methyl/N-ethyl adjacent to an activating group) is 1. The van der Waals surface area contributed by atoms with E-state index in [9.17, 15) is 0 Å². The summed E-state index contributed by atoms with van der Waals surface area (Å²) in [5.74, 6) is 2.19. The molecule has 0 aliphatic carbocycles. The summed E-state index contributed by atoms with van der Waals surface area (Å²) in [6.45, 7) is 6.51. The van der Waals surface area contributed by atoms with E-state index in [1.807, 2.05) is 6.20 Å². The quantitative estimate of drug-likeness (QED) is 0.777. The topological polar surface area (TPSA) is 99.4 Å². The molecule has 0 radical (unpaired) electrons. The van der Waals surface area contributed by atoms with Crippen LogP contribution in [0.2, 0.25) is 0 Å². The van der Waals surface area contributed by atoms with Gasteiger partial charge in [-0.3, -0.25) is 5.10 Å². The number of rotatable bonds is 2. The number of hydrogen-bond acceptors (Lipinski definition) is 8. The van der Waals surface area contributed by atoms with Crippen LogP contribution in [0.15, 0.2) is 12.3 Å². The summed E-state index contributed by atoms with van der Waals surface area (Å²) in [5.41, 5.74) is 8.29. The molecule has 3 N–H and O–H groups in total. The first-order valence-electron chi connectivity index (χ1n) is 10.1. The van der Waals surface area contributed by atoms with Gasteiger partial charge < -0.3 is 25.2 Å². The second-order valence-corrected chi connectivity index (χ2v) is 8.08. The first-order valence-corrected chi connectivity index (χ1v) is 10.1. The van der Waals surface area contributed by atoms with Crippen LogP contribution in [-0.4, -0.2) is 78.0 Å². The summed E-state index contributed by atoms with van der Waals surface area (Å²) >= 11 is 0. The minimum atomic E-state index is -0.237. The van der Waals surface area contributed by atoms with E-state index in [1.165, 1.54) is 11.3 Å². The highest BCUT2D eigenvalue weighted by Crippen LogP contribution is 2.41. The average Bonchev–Trinajstić information content (AvgIpc) is 3.19. The summed E-state index contributed by atoms with van der Waals surface area (Å²) in [6.07, 6.45) is 4.71. The van der Waals surface area contributed by atoms with Gasteiger partial charge in [-0.1, -0.05) is 0 Å². The van der Waals surface area contributed by atoms with E-state index < -0.39 is 0 Å². The Bertz CT molecular complexity index is 836. The third-order valence-electron chi connectivity index (χ3n) is 6.36. The molecule has 2 fully saturated rings. The summed E-state index contributed by atoms with van der Waals surface area (Å²) in [6, 6.07) is 2.09. The molecule has 2 aromatic rings. The number of nitrogen functional groups attached to an aromatic ring is 1. The number of aromatic amines is 1. The number of H-pyrrole nitrogens is 1. The van der Waals surface area contributed by atoms with Gasteiger partial charge in [-0.25, -0.2) is 0 Å². The Morgan fingerprint density at radius 3 is 2.43 bits per heavy atom. The second-order valence-electron chi connectivity index (χ2n) is 8.08. The fraction of sp³-hybridized carbons (Fsp3) is 0.632. The summed E-state index contributed by atoms with van der Waals surface area (Å²) in [5, 5.41) is 7.43. The maximum Gasteiger partial charge on any atom is 0.223 e. The maximum absolute atomic E-state index is 6.26. The molecule has 9 nitrogen and oxygen atoms in total. The SMILES string of the molecule is CN1CCN(c2cc(N3CCC4(CC3)OCCc3cn[nH]c34)nc(N)n2)CC1. The van der Waals surface area contributed by atoms with E-state index in [4.69, 9.17) is 10.5 Å². The molecule has 0 amide bonds. The first-order chi connectivity index (χ1) is 13.6. The van der Waals surface area contributed by atoms with Crippen molar-refractivity contribution in [1.82, 2.24) is 25.1 Å². The molecule has 2 aromatic heterocycles. The molecule has 0 bridgehead atoms. The molecule has 1 spiro atoms. The van der Waals surface area contributed by atoms with Crippen LogP contribution in [0.3, 0.4) is 0 Å². The van der Waals surface area contributed by atoms with Gasteiger partial charge in [0.25, 0.3) is 0 Å². The third kappa shape index (κ3) is 3.08. The molecule has 0 unspecified atom stereocenters. The van der Waals surface area contributed by atoms with Crippen molar-refractivity contribution in [1.29, 1.82) is 0 Å². The number of anilines is 3. The van der Waals surface area contributed by atoms with E-state index in [1.54, 1.807) is 0 Å². The van der Waals surface area contributed by atoms with Gasteiger partial charge in [0.2, 0.25) is 5.95 Å². The van der Waals surface area contributed by atoms with Crippen LogP contribution in [0.4, 0.5) is 17.6 Å². The maximum atomic E-state index is 6.26. The summed E-state index contributed by atoms with van der Waals surface area (Å²) in [7, 11) is 2.15. The van der Waals surface area contributed by atoms with Crippen LogP contribution >= 0.6 is 0 Å². The smallest absolute Gasteiger partial charge is 0.223 e. The normalized spacial score (nSPS) is 22.5. The standard InChI is InChI=1S/C19H28N8O/c1-25-7-9-27(10-8-25)16-12-15(22-18(20)23-16)26-5-3-19(4-6-26)17-14(2-11-28-19)13-21-24-17/h12-13H,2-11H2,1H3,(H,21,24)(H2,20,22,23). The Morgan fingerprint density at radius 2 is 1.71 bits per heavy atom. The van der Waals surface area contributed by atoms with E-state index in [2.05, 4.69) is 48.0 Å². The zero-order valence-corrected chi connectivity index (χ0v) is 16.4. The zero-order valence-electron chi connectivity index (χ0n) is 16.4. The van der Waals surface area contributed by atoms with Crippen LogP contribution in [0.25, 0.3) is 0 Å². The van der Waals surface area contributed by atoms with Gasteiger partial charge in [0.05, 0.1) is 18.5 Å². The third-order valence-corrected chi connectivity index (χ3v) is 6.36. The van der Waals surface area contributed by atoms with E-state index in [0.717, 1.165) is 76.8 Å². The number of hydrogen-bond donors (Lipinski definition) is 2. The molecule has 5 rings (SSSR count). The number of ether oxygens (including phenoxy) is 1. The second kappa shape index (κ2) is 6.89. The van der Waals surface area contributed by atoms with E-state index in [-0.39, 0.29) is 5.60 Å². The minimum Gasteiger partial charge on any atom is -0.368 e. The Hall–Kier alpha value is -2.39. The van der Waals surface area contributed by atoms with Gasteiger partial charge in [0.1, 0.15) is 17.2 Å². The number of nitrogens with zero attached hydrogens (tertiary/aromatic N) is 6. The van der Waals surface area contributed by atoms with Crippen molar-refractivity contribution in [2.24, 2.45) is 0 Å². The van der Waals surface area contributed by atoms with Crippen molar-refractivity contribution in [3.8, 4) is 0 Å². The highest BCUT2D eigenvalue weighted by atomic mass is 16.5. The summed E-state index contributed by atoms with van der Waals surface area (Å²) < 4.78 is 6.26. The van der Waals surface area contributed by atoms with Crippen molar-refractivity contribution in [3.63, 3.8) is 0 Å². The van der Waals surface area contributed by atoms with Gasteiger partial charge in [-0.2, -0.15) is 15.1 Å². The molecular weight excluding hydrogens is 356 g/mol. The molecule has 150 valence electrons. The minimum absolute atomic E-state index is 0.237. The van der Waals surface area contributed by atoms with Crippen LogP contribution < -0.4 is 15.5 Å². The van der Waals surface area contributed by atoms with Crippen LogP contribution in [0.5, 0.6) is 0 Å². The molecule has 3 aliphatic heterocycles. The fourth-order valence-electron chi connectivity index (χ4n) is 4.61. The van der Waals surface area contributed by atoms with Crippen molar-refractivity contribution >= 4 is 17.6 Å². The number of aromatic nitrogens is 4. The van der Waals surface area contributed by atoms with E-state index >= 15 is 0 Å². The molecule has 0 atom stereocenters. The van der Waals surface area contributed by atoms with Crippen molar-refractivity contribution in [2.75, 3.05) is 68.5 Å². The molecule has 0 aromatic carbocycles. The van der Waals surface area contributed by atoms with E-state index in [0.29, 0.717) is 5.95 Å². The number of piperazine rings is 1. The number of fused-ring (bicyclic) bond motifs is 2. The Balaban J connectivity index is 1.33. The predicted molar refractivity (Wildman–Crippen MR) is 108 cm³/mol. The number of piperidine rings is 1. The Kier molecular flexibility index (Phi) is 4.36. The summed E-state index contributed by atoms with van der Waals surface area (Å²) in [4.78, 5) is 16.0. The van der Waals surface area contributed by atoms with Crippen LogP contribution in [-0.2, 0) is 16.8 Å². The van der Waals surface area contributed by atoms with Gasteiger partial charge in [-0.05, 0) is 31.9 Å². The Morgan fingerprint density at radius 1 is 1.04 bits per heavy atom. The Labute approximate surface area is 164 Å². The van der Waals surface area contributed by atoms with Crippen LogP contribution in [0, 0.1) is 0 Å². The number of nitrogens with one attached hydrogen (secondary N) is 1. The average molecular weight is 384 g/mol. The number of nitrogens with two attached hydrogens (primary N) is 1. The van der Waals surface area contributed by atoms with Gasteiger partial charge in [0, 0.05) is 45.3 Å². The molecule has 5 heterocycles. The van der Waals surface area contributed by atoms with Gasteiger partial charge in [-0.15, -0.1) is 0 Å². The monoisotopic (exact) mass is 384 g/mol. The molecule has 2 saturated heterocycles. The highest BCUT2D eigenvalue weighted by Gasteiger charge is 2.42. The lowest BCUT2D eigenvalue weighted by molar-refractivity contribution is -0.0796. The molecule has 0 saturated carbocycles. The largest absolute Gasteiger partial charge is 0.368 e. The first kappa shape index (κ1) is 17.7. The fourth-order valence-corrected chi connectivity index (χ4v) is 4.61. The molecule has 9 heteroatoms. The lowest BCUT2D eigenvalue weighted by Gasteiger charge is -2.43. The van der Waals surface area contributed by atoms with Crippen molar-refractivity contribution < 1.29 is 4.74 Å². The molecular formula is C19H28N8O. The van der Waals surface area contributed by atoms with Crippen molar-refractivity contribution in [2.45, 2.75) is 24.9 Å². The predicted octanol–water partition coefficient (Wildman–Crippen LogP) is 0.602. The molecule has 28 heavy (non-hydrogen) atoms. The highest BCUT2D eigenvalue weighted by molar-refractivity contribution is 5.54. The van der Waals surface area contributed by atoms with Crippen molar-refractivity contribution in [3.05, 3.63) is 23.5 Å². The zero-order chi connectivity index (χ0) is 19.1. The lowest BCUT2D eigenvalue weighted by atomic mass is 9.84.